The number of esters is 1. The summed E-state index contributed by atoms with van der Waals surface area (Å²) in [6.07, 6.45) is 5.53. The van der Waals surface area contributed by atoms with Crippen molar-refractivity contribution in [3.63, 3.8) is 0 Å². The average Bonchev–Trinajstić information content (AvgIpc) is 2.78. The highest BCUT2D eigenvalue weighted by molar-refractivity contribution is 5.81. The van der Waals surface area contributed by atoms with Crippen LogP contribution in [-0.4, -0.2) is 68.9 Å². The van der Waals surface area contributed by atoms with Crippen LogP contribution in [0.2, 0.25) is 0 Å². The molecule has 1 aromatic rings. The number of morpholine rings is 1. The molecule has 166 valence electrons. The second kappa shape index (κ2) is 10.7. The van der Waals surface area contributed by atoms with Crippen molar-refractivity contribution in [2.24, 2.45) is 0 Å². The third-order valence-electron chi connectivity index (χ3n) is 6.01. The Morgan fingerprint density at radius 2 is 1.93 bits per heavy atom. The number of amides is 1. The number of rotatable bonds is 8. The Labute approximate surface area is 176 Å². The Morgan fingerprint density at radius 1 is 1.20 bits per heavy atom. The van der Waals surface area contributed by atoms with E-state index < -0.39 is 11.8 Å². The molecule has 0 aromatic heterocycles. The van der Waals surface area contributed by atoms with Crippen molar-refractivity contribution >= 4 is 11.9 Å². The zero-order chi connectivity index (χ0) is 21.4. The molecular formula is C22H31FN2O5. The average molecular weight is 422 g/mol. The largest absolute Gasteiger partial charge is 0.494 e. The molecule has 8 heteroatoms. The van der Waals surface area contributed by atoms with Gasteiger partial charge in [-0.3, -0.25) is 14.5 Å². The van der Waals surface area contributed by atoms with E-state index in [1.807, 2.05) is 0 Å². The van der Waals surface area contributed by atoms with Crippen LogP contribution in [-0.2, 0) is 25.5 Å². The monoisotopic (exact) mass is 422 g/mol. The smallest absolute Gasteiger partial charge is 0.310 e. The van der Waals surface area contributed by atoms with Crippen LogP contribution >= 0.6 is 0 Å². The van der Waals surface area contributed by atoms with E-state index in [-0.39, 0.29) is 30.2 Å². The van der Waals surface area contributed by atoms with Crippen LogP contribution in [0.15, 0.2) is 18.2 Å². The number of carbonyl (C=O) groups is 2. The molecule has 0 radical (unpaired) electrons. The quantitative estimate of drug-likeness (QED) is 0.647. The first-order valence-corrected chi connectivity index (χ1v) is 10.6. The minimum Gasteiger partial charge on any atom is -0.494 e. The van der Waals surface area contributed by atoms with Crippen molar-refractivity contribution in [2.45, 2.75) is 44.1 Å². The van der Waals surface area contributed by atoms with Gasteiger partial charge in [-0.1, -0.05) is 25.3 Å². The Bertz CT molecular complexity index is 730. The zero-order valence-electron chi connectivity index (χ0n) is 17.6. The fourth-order valence-electron chi connectivity index (χ4n) is 4.35. The molecule has 0 bridgehead atoms. The van der Waals surface area contributed by atoms with Crippen molar-refractivity contribution in [2.75, 3.05) is 46.6 Å². The molecule has 0 spiro atoms. The number of hydrogen-bond acceptors (Lipinski definition) is 6. The van der Waals surface area contributed by atoms with E-state index in [4.69, 9.17) is 14.2 Å². The lowest BCUT2D eigenvalue weighted by Crippen LogP contribution is -2.59. The summed E-state index contributed by atoms with van der Waals surface area (Å²) in [7, 11) is 1.38. The van der Waals surface area contributed by atoms with Gasteiger partial charge in [0, 0.05) is 25.2 Å². The summed E-state index contributed by atoms with van der Waals surface area (Å²) in [5.74, 6) is -1.32. The predicted molar refractivity (Wildman–Crippen MR) is 109 cm³/mol. The second-order valence-electron chi connectivity index (χ2n) is 7.97. The number of benzene rings is 1. The van der Waals surface area contributed by atoms with Crippen LogP contribution in [0.5, 0.6) is 5.75 Å². The molecule has 0 atom stereocenters. The van der Waals surface area contributed by atoms with Gasteiger partial charge in [0.2, 0.25) is 0 Å². The molecule has 1 saturated heterocycles. The molecule has 1 aliphatic carbocycles. The summed E-state index contributed by atoms with van der Waals surface area (Å²) in [4.78, 5) is 26.8. The minimum absolute atomic E-state index is 0.0394. The Kier molecular flexibility index (Phi) is 8.04. The first kappa shape index (κ1) is 22.5. The van der Waals surface area contributed by atoms with E-state index in [1.165, 1.54) is 25.7 Å². The van der Waals surface area contributed by atoms with Crippen LogP contribution in [0.3, 0.4) is 0 Å². The van der Waals surface area contributed by atoms with Gasteiger partial charge in [-0.25, -0.2) is 4.39 Å². The fraction of sp³-hybridized carbons (Fsp3) is 0.636. The zero-order valence-corrected chi connectivity index (χ0v) is 17.6. The summed E-state index contributed by atoms with van der Waals surface area (Å²) in [5, 5.41) is 2.96. The maximum Gasteiger partial charge on any atom is 0.310 e. The number of nitrogens with one attached hydrogen (secondary N) is 1. The van der Waals surface area contributed by atoms with Crippen molar-refractivity contribution < 1.29 is 28.2 Å². The lowest BCUT2D eigenvalue weighted by Gasteiger charge is -2.48. The molecule has 30 heavy (non-hydrogen) atoms. The van der Waals surface area contributed by atoms with Gasteiger partial charge < -0.3 is 19.5 Å². The molecular weight excluding hydrogens is 391 g/mol. The van der Waals surface area contributed by atoms with Gasteiger partial charge in [0.25, 0.3) is 5.91 Å². The third-order valence-corrected chi connectivity index (χ3v) is 6.01. The number of ether oxygens (including phenoxy) is 3. The van der Waals surface area contributed by atoms with Crippen LogP contribution in [0, 0.1) is 5.82 Å². The Morgan fingerprint density at radius 3 is 2.60 bits per heavy atom. The van der Waals surface area contributed by atoms with E-state index in [2.05, 4.69) is 10.2 Å². The molecule has 1 aromatic carbocycles. The van der Waals surface area contributed by atoms with Crippen molar-refractivity contribution in [3.05, 3.63) is 29.6 Å². The summed E-state index contributed by atoms with van der Waals surface area (Å²) in [6, 6.07) is 4.29. The van der Waals surface area contributed by atoms with E-state index >= 15 is 0 Å². The van der Waals surface area contributed by atoms with Crippen LogP contribution in [0.1, 0.15) is 37.7 Å². The van der Waals surface area contributed by atoms with Gasteiger partial charge in [-0.05, 0) is 30.5 Å². The fourth-order valence-corrected chi connectivity index (χ4v) is 4.35. The van der Waals surface area contributed by atoms with Crippen molar-refractivity contribution in [1.82, 2.24) is 10.2 Å². The summed E-state index contributed by atoms with van der Waals surface area (Å²) < 4.78 is 29.1. The number of halogens is 1. The molecule has 1 saturated carbocycles. The van der Waals surface area contributed by atoms with E-state index in [0.717, 1.165) is 52.0 Å². The normalized spacial score (nSPS) is 19.1. The number of carbonyl (C=O) groups excluding carboxylic acids is 2. The van der Waals surface area contributed by atoms with E-state index in [1.54, 1.807) is 6.07 Å². The van der Waals surface area contributed by atoms with Crippen molar-refractivity contribution in [3.8, 4) is 5.75 Å². The molecule has 1 N–H and O–H groups in total. The predicted octanol–water partition coefficient (Wildman–Crippen LogP) is 2.07. The lowest BCUT2D eigenvalue weighted by molar-refractivity contribution is -0.148. The molecule has 1 aliphatic heterocycles. The molecule has 7 nitrogen and oxygen atoms in total. The summed E-state index contributed by atoms with van der Waals surface area (Å²) in [5.41, 5.74) is 0.426. The highest BCUT2D eigenvalue weighted by Gasteiger charge is 2.38. The van der Waals surface area contributed by atoms with Gasteiger partial charge in [-0.15, -0.1) is 0 Å². The highest BCUT2D eigenvalue weighted by Crippen LogP contribution is 2.33. The molecule has 1 heterocycles. The molecule has 1 amide bonds. The minimum atomic E-state index is -0.574. The van der Waals surface area contributed by atoms with Gasteiger partial charge in [0.15, 0.2) is 18.2 Å². The SMILES string of the molecule is COc1ccc(CC(=O)OCC(=O)NCC2(N3CCOCC3)CCCCC2)cc1F. The van der Waals surface area contributed by atoms with Gasteiger partial charge in [0.05, 0.1) is 26.7 Å². The first-order chi connectivity index (χ1) is 14.5. The number of methoxy groups -OCH3 is 1. The van der Waals surface area contributed by atoms with Gasteiger partial charge >= 0.3 is 5.97 Å². The van der Waals surface area contributed by atoms with E-state index in [9.17, 15) is 14.0 Å². The standard InChI is InChI=1S/C22H31FN2O5/c1-28-19-6-5-17(13-18(19)23)14-21(27)30-15-20(26)24-16-22(7-3-2-4-8-22)25-9-11-29-12-10-25/h5-6,13H,2-4,7-12,14-16H2,1H3,(H,24,26). The Balaban J connectivity index is 1.46. The maximum absolute atomic E-state index is 13.7. The first-order valence-electron chi connectivity index (χ1n) is 10.6. The van der Waals surface area contributed by atoms with Crippen molar-refractivity contribution in [1.29, 1.82) is 0 Å². The van der Waals surface area contributed by atoms with Gasteiger partial charge in [0.1, 0.15) is 0 Å². The Hall–Kier alpha value is -2.19. The maximum atomic E-state index is 13.7. The molecule has 2 aliphatic rings. The second-order valence-corrected chi connectivity index (χ2v) is 7.97. The molecule has 2 fully saturated rings. The number of hydrogen-bond donors (Lipinski definition) is 1. The van der Waals surface area contributed by atoms with E-state index in [0.29, 0.717) is 12.1 Å². The van der Waals surface area contributed by atoms with Crippen LogP contribution < -0.4 is 10.1 Å². The summed E-state index contributed by atoms with van der Waals surface area (Å²) in [6.45, 7) is 3.41. The van der Waals surface area contributed by atoms with Crippen LogP contribution in [0.25, 0.3) is 0 Å². The third kappa shape index (κ3) is 5.92. The number of nitrogens with zero attached hydrogens (tertiary/aromatic N) is 1. The topological polar surface area (TPSA) is 77.1 Å². The molecule has 3 rings (SSSR count). The summed E-state index contributed by atoms with van der Waals surface area (Å²) >= 11 is 0. The molecule has 0 unspecified atom stereocenters. The lowest BCUT2D eigenvalue weighted by atomic mass is 9.79. The highest BCUT2D eigenvalue weighted by atomic mass is 19.1. The van der Waals surface area contributed by atoms with Gasteiger partial charge in [-0.2, -0.15) is 0 Å². The van der Waals surface area contributed by atoms with Crippen LogP contribution in [0.4, 0.5) is 4.39 Å².